The maximum absolute atomic E-state index is 13.8. The van der Waals surface area contributed by atoms with Crippen LogP contribution in [0.4, 0.5) is 10.1 Å². The molecule has 5 heteroatoms. The first-order valence-electron chi connectivity index (χ1n) is 6.88. The van der Waals surface area contributed by atoms with Crippen molar-refractivity contribution in [2.45, 2.75) is 32.4 Å². The molecule has 1 saturated heterocycles. The zero-order valence-corrected chi connectivity index (χ0v) is 12.1. The number of carboxylic acid groups (broad SMARTS) is 1. The molecule has 1 aliphatic heterocycles. The quantitative estimate of drug-likeness (QED) is 0.893. The van der Waals surface area contributed by atoms with Crippen molar-refractivity contribution in [3.63, 3.8) is 0 Å². The Morgan fingerprint density at radius 3 is 2.80 bits per heavy atom. The van der Waals surface area contributed by atoms with Gasteiger partial charge in [0.05, 0.1) is 11.3 Å². The number of nitrogens with zero attached hydrogens (tertiary/aromatic N) is 1. The van der Waals surface area contributed by atoms with E-state index in [2.05, 4.69) is 31.1 Å². The predicted molar refractivity (Wildman–Crippen MR) is 76.6 cm³/mol. The van der Waals surface area contributed by atoms with E-state index in [1.54, 1.807) is 0 Å². The molecule has 1 heterocycles. The van der Waals surface area contributed by atoms with Crippen LogP contribution in [0.1, 0.15) is 30.6 Å². The Morgan fingerprint density at radius 2 is 2.15 bits per heavy atom. The largest absolute Gasteiger partial charge is 0.478 e. The fraction of sp³-hybridized carbons (Fsp3) is 0.533. The maximum atomic E-state index is 13.8. The van der Waals surface area contributed by atoms with Crippen LogP contribution < -0.4 is 5.32 Å². The van der Waals surface area contributed by atoms with Crippen LogP contribution in [-0.2, 0) is 0 Å². The molecule has 0 bridgehead atoms. The summed E-state index contributed by atoms with van der Waals surface area (Å²) in [5.41, 5.74) is 0.376. The first kappa shape index (κ1) is 14.8. The summed E-state index contributed by atoms with van der Waals surface area (Å²) >= 11 is 0. The monoisotopic (exact) mass is 280 g/mol. The Balaban J connectivity index is 2.17. The van der Waals surface area contributed by atoms with E-state index in [0.29, 0.717) is 12.0 Å². The van der Waals surface area contributed by atoms with E-state index in [9.17, 15) is 9.18 Å². The van der Waals surface area contributed by atoms with Crippen LogP contribution in [0.2, 0.25) is 0 Å². The molecule has 3 unspecified atom stereocenters. The number of hydrogen-bond donors (Lipinski definition) is 2. The van der Waals surface area contributed by atoms with Gasteiger partial charge in [-0.15, -0.1) is 0 Å². The van der Waals surface area contributed by atoms with Gasteiger partial charge in [-0.3, -0.25) is 0 Å². The van der Waals surface area contributed by atoms with Gasteiger partial charge >= 0.3 is 5.97 Å². The highest BCUT2D eigenvalue weighted by Crippen LogP contribution is 2.26. The molecule has 0 amide bonds. The number of nitrogens with one attached hydrogen (secondary N) is 1. The predicted octanol–water partition coefficient (Wildman–Crippen LogP) is 2.66. The van der Waals surface area contributed by atoms with Crippen molar-refractivity contribution in [2.24, 2.45) is 5.92 Å². The summed E-state index contributed by atoms with van der Waals surface area (Å²) in [6.45, 7) is 5.21. The molecular weight excluding hydrogens is 259 g/mol. The lowest BCUT2D eigenvalue weighted by Crippen LogP contribution is -2.48. The lowest BCUT2D eigenvalue weighted by molar-refractivity contribution is 0.0697. The molecule has 1 aromatic carbocycles. The normalized spacial score (nSPS) is 27.3. The van der Waals surface area contributed by atoms with E-state index in [1.165, 1.54) is 18.2 Å². The van der Waals surface area contributed by atoms with Gasteiger partial charge in [0.2, 0.25) is 0 Å². The van der Waals surface area contributed by atoms with Crippen molar-refractivity contribution in [1.29, 1.82) is 0 Å². The number of aromatic carboxylic acids is 1. The van der Waals surface area contributed by atoms with Crippen molar-refractivity contribution in [3.8, 4) is 0 Å². The summed E-state index contributed by atoms with van der Waals surface area (Å²) < 4.78 is 13.8. The van der Waals surface area contributed by atoms with Crippen molar-refractivity contribution < 1.29 is 14.3 Å². The van der Waals surface area contributed by atoms with Crippen molar-refractivity contribution >= 4 is 11.7 Å². The van der Waals surface area contributed by atoms with Crippen LogP contribution in [0.25, 0.3) is 0 Å². The average molecular weight is 280 g/mol. The number of halogens is 1. The highest BCUT2D eigenvalue weighted by atomic mass is 19.1. The first-order valence-corrected chi connectivity index (χ1v) is 6.88. The second kappa shape index (κ2) is 5.79. The summed E-state index contributed by atoms with van der Waals surface area (Å²) in [5.74, 6) is -1.07. The van der Waals surface area contributed by atoms with Crippen LogP contribution in [0.15, 0.2) is 18.2 Å². The van der Waals surface area contributed by atoms with Gasteiger partial charge in [-0.25, -0.2) is 9.18 Å². The van der Waals surface area contributed by atoms with Gasteiger partial charge < -0.3 is 15.3 Å². The van der Waals surface area contributed by atoms with Gasteiger partial charge in [0.25, 0.3) is 0 Å². The van der Waals surface area contributed by atoms with Crippen LogP contribution in [0.5, 0.6) is 0 Å². The second-order valence-corrected chi connectivity index (χ2v) is 5.75. The number of benzene rings is 1. The smallest absolute Gasteiger partial charge is 0.335 e. The van der Waals surface area contributed by atoms with E-state index >= 15 is 0 Å². The fourth-order valence-corrected chi connectivity index (χ4v) is 2.71. The Bertz CT molecular complexity index is 507. The Kier molecular flexibility index (Phi) is 4.28. The minimum absolute atomic E-state index is 0.0996. The molecule has 2 N–H and O–H groups in total. The van der Waals surface area contributed by atoms with E-state index in [-0.39, 0.29) is 17.3 Å². The zero-order valence-electron chi connectivity index (χ0n) is 12.1. The van der Waals surface area contributed by atoms with Gasteiger partial charge in [0.1, 0.15) is 5.82 Å². The third kappa shape index (κ3) is 3.10. The SMILES string of the molecule is CC1CN(C)C(C)CC1Nc1cc(C(=O)O)ccc1F. The average Bonchev–Trinajstić information content (AvgIpc) is 2.38. The molecule has 3 atom stereocenters. The van der Waals surface area contributed by atoms with Crippen LogP contribution >= 0.6 is 0 Å². The second-order valence-electron chi connectivity index (χ2n) is 5.75. The van der Waals surface area contributed by atoms with Crippen molar-refractivity contribution in [1.82, 2.24) is 4.90 Å². The Labute approximate surface area is 118 Å². The molecule has 0 spiro atoms. The number of hydrogen-bond acceptors (Lipinski definition) is 3. The van der Waals surface area contributed by atoms with Gasteiger partial charge in [-0.2, -0.15) is 0 Å². The van der Waals surface area contributed by atoms with Crippen LogP contribution in [0, 0.1) is 11.7 Å². The third-order valence-corrected chi connectivity index (χ3v) is 4.16. The minimum atomic E-state index is -1.04. The number of carbonyl (C=O) groups is 1. The number of rotatable bonds is 3. The molecule has 0 saturated carbocycles. The topological polar surface area (TPSA) is 52.6 Å². The lowest BCUT2D eigenvalue weighted by atomic mass is 9.89. The van der Waals surface area contributed by atoms with Gasteiger partial charge in [-0.05, 0) is 44.5 Å². The summed E-state index contributed by atoms with van der Waals surface area (Å²) in [7, 11) is 2.09. The molecule has 4 nitrogen and oxygen atoms in total. The van der Waals surface area contributed by atoms with E-state index in [0.717, 1.165) is 13.0 Å². The Hall–Kier alpha value is -1.62. The number of piperidine rings is 1. The van der Waals surface area contributed by atoms with E-state index in [4.69, 9.17) is 5.11 Å². The highest BCUT2D eigenvalue weighted by molar-refractivity contribution is 5.88. The molecule has 0 radical (unpaired) electrons. The standard InChI is InChI=1S/C15H21FN2O2/c1-9-8-18(3)10(2)6-13(9)17-14-7-11(15(19)20)4-5-12(14)16/h4-5,7,9-10,13,17H,6,8H2,1-3H3,(H,19,20). The highest BCUT2D eigenvalue weighted by Gasteiger charge is 2.29. The van der Waals surface area contributed by atoms with Crippen LogP contribution in [0.3, 0.4) is 0 Å². The van der Waals surface area contributed by atoms with Crippen LogP contribution in [-0.4, -0.2) is 41.7 Å². The molecular formula is C15H21FN2O2. The number of likely N-dealkylation sites (tertiary alicyclic amines) is 1. The Morgan fingerprint density at radius 1 is 1.45 bits per heavy atom. The maximum Gasteiger partial charge on any atom is 0.335 e. The van der Waals surface area contributed by atoms with E-state index < -0.39 is 11.8 Å². The molecule has 1 fully saturated rings. The molecule has 1 aliphatic rings. The molecule has 0 aliphatic carbocycles. The summed E-state index contributed by atoms with van der Waals surface area (Å²) in [6.07, 6.45) is 0.911. The molecule has 1 aromatic rings. The summed E-state index contributed by atoms with van der Waals surface area (Å²) in [6, 6.07) is 4.43. The first-order chi connectivity index (χ1) is 9.38. The molecule has 2 rings (SSSR count). The zero-order chi connectivity index (χ0) is 14.9. The number of carboxylic acids is 1. The van der Waals surface area contributed by atoms with Gasteiger partial charge in [0.15, 0.2) is 0 Å². The molecule has 110 valence electrons. The third-order valence-electron chi connectivity index (χ3n) is 4.16. The van der Waals surface area contributed by atoms with Gasteiger partial charge in [-0.1, -0.05) is 6.92 Å². The summed E-state index contributed by atoms with van der Waals surface area (Å²) in [5, 5.41) is 12.2. The molecule has 20 heavy (non-hydrogen) atoms. The lowest BCUT2D eigenvalue weighted by Gasteiger charge is -2.40. The fourth-order valence-electron chi connectivity index (χ4n) is 2.71. The minimum Gasteiger partial charge on any atom is -0.478 e. The van der Waals surface area contributed by atoms with Crippen molar-refractivity contribution in [3.05, 3.63) is 29.6 Å². The van der Waals surface area contributed by atoms with Crippen molar-refractivity contribution in [2.75, 3.05) is 18.9 Å². The summed E-state index contributed by atoms with van der Waals surface area (Å²) in [4.78, 5) is 13.2. The van der Waals surface area contributed by atoms with Gasteiger partial charge in [0, 0.05) is 18.6 Å². The molecule has 0 aromatic heterocycles. The number of anilines is 1. The van der Waals surface area contributed by atoms with E-state index in [1.807, 2.05) is 0 Å².